The van der Waals surface area contributed by atoms with E-state index < -0.39 is 10.0 Å². The summed E-state index contributed by atoms with van der Waals surface area (Å²) in [7, 11) is -3.79. The van der Waals surface area contributed by atoms with Crippen molar-refractivity contribution in [3.63, 3.8) is 0 Å². The van der Waals surface area contributed by atoms with Crippen molar-refractivity contribution in [2.45, 2.75) is 30.3 Å². The van der Waals surface area contributed by atoms with Gasteiger partial charge in [0.15, 0.2) is 18.9 Å². The van der Waals surface area contributed by atoms with E-state index in [4.69, 9.17) is 23.2 Å². The zero-order chi connectivity index (χ0) is 26.0. The van der Waals surface area contributed by atoms with Crippen LogP contribution in [0.1, 0.15) is 12.8 Å². The number of carbonyl (C=O) groups is 1. The van der Waals surface area contributed by atoms with Gasteiger partial charge in [0.05, 0.1) is 23.9 Å². The summed E-state index contributed by atoms with van der Waals surface area (Å²) in [5.41, 5.74) is 4.53. The standard InChI is InChI=1S/C26H30Cl2N5O3S.ClH/c27-9-14-30-10-7-24(8-11-30)31-12-5-23(6-13-31)29-33-16-15-32(19-26(33)34)37(35,36)25-4-2-20-17-22(28)3-1-21(20)18-25;/h1-4,7-8,10-11,17-18,23,29H,5-6,9,12-16,19H2;1H/q+1;/p-1. The summed E-state index contributed by atoms with van der Waals surface area (Å²) in [6.45, 7) is 2.92. The van der Waals surface area contributed by atoms with Crippen LogP contribution in [0.5, 0.6) is 0 Å². The van der Waals surface area contributed by atoms with Crippen LogP contribution in [0, 0.1) is 0 Å². The molecule has 204 valence electrons. The number of piperazine rings is 1. The van der Waals surface area contributed by atoms with Gasteiger partial charge in [0.2, 0.25) is 10.0 Å². The van der Waals surface area contributed by atoms with Crippen LogP contribution in [0.2, 0.25) is 5.02 Å². The number of pyridine rings is 1. The molecular weight excluding hydrogens is 569 g/mol. The number of amides is 1. The number of hydrogen-bond acceptors (Lipinski definition) is 5. The van der Waals surface area contributed by atoms with Gasteiger partial charge in [-0.1, -0.05) is 23.7 Å². The molecule has 12 heteroatoms. The molecule has 2 aliphatic rings. The quantitative estimate of drug-likeness (QED) is 0.307. The average molecular weight is 599 g/mol. The Balaban J connectivity index is 0.00000336. The second-order valence-electron chi connectivity index (χ2n) is 9.41. The highest BCUT2D eigenvalue weighted by atomic mass is 35.5. The molecule has 2 aliphatic heterocycles. The van der Waals surface area contributed by atoms with Crippen molar-refractivity contribution in [2.24, 2.45) is 0 Å². The molecule has 0 radical (unpaired) electrons. The van der Waals surface area contributed by atoms with E-state index in [1.807, 2.05) is 12.4 Å². The molecule has 2 saturated heterocycles. The summed E-state index contributed by atoms with van der Waals surface area (Å²) in [5.74, 6) is 0.343. The molecule has 3 heterocycles. The van der Waals surface area contributed by atoms with E-state index in [2.05, 4.69) is 27.0 Å². The molecule has 0 saturated carbocycles. The summed E-state index contributed by atoms with van der Waals surface area (Å²) in [5, 5.41) is 3.84. The fourth-order valence-corrected chi connectivity index (χ4v) is 6.68. The third-order valence-corrected chi connectivity index (χ3v) is 9.26. The number of hydrazine groups is 1. The Bertz CT molecular complexity index is 1380. The maximum Gasteiger partial charge on any atom is 0.252 e. The van der Waals surface area contributed by atoms with Crippen LogP contribution < -0.4 is 27.3 Å². The summed E-state index contributed by atoms with van der Waals surface area (Å²) in [6.07, 6.45) is 5.87. The summed E-state index contributed by atoms with van der Waals surface area (Å²) in [4.78, 5) is 15.4. The summed E-state index contributed by atoms with van der Waals surface area (Å²) < 4.78 is 29.9. The van der Waals surface area contributed by atoms with Crippen LogP contribution in [0.15, 0.2) is 65.8 Å². The number of hydrogen-bond donors (Lipinski definition) is 1. The third-order valence-electron chi connectivity index (χ3n) is 7.01. The maximum atomic E-state index is 13.3. The lowest BCUT2D eigenvalue weighted by molar-refractivity contribution is -0.692. The van der Waals surface area contributed by atoms with Gasteiger partial charge >= 0.3 is 0 Å². The summed E-state index contributed by atoms with van der Waals surface area (Å²) in [6, 6.07) is 14.6. The van der Waals surface area contributed by atoms with E-state index in [0.29, 0.717) is 17.4 Å². The Morgan fingerprint density at radius 2 is 1.63 bits per heavy atom. The lowest BCUT2D eigenvalue weighted by atomic mass is 10.1. The molecule has 0 unspecified atom stereocenters. The minimum absolute atomic E-state index is 0. The third kappa shape index (κ3) is 6.35. The molecule has 8 nitrogen and oxygen atoms in total. The van der Waals surface area contributed by atoms with Gasteiger partial charge in [-0.3, -0.25) is 9.80 Å². The Morgan fingerprint density at radius 1 is 0.947 bits per heavy atom. The number of sulfonamides is 1. The van der Waals surface area contributed by atoms with E-state index >= 15 is 0 Å². The minimum atomic E-state index is -3.79. The van der Waals surface area contributed by atoms with Gasteiger partial charge in [-0.2, -0.15) is 4.31 Å². The number of aryl methyl sites for hydroxylation is 1. The predicted molar refractivity (Wildman–Crippen MR) is 145 cm³/mol. The van der Waals surface area contributed by atoms with Crippen molar-refractivity contribution in [1.29, 1.82) is 0 Å². The average Bonchev–Trinajstić information content (AvgIpc) is 2.90. The molecule has 1 N–H and O–H groups in total. The molecule has 0 atom stereocenters. The number of aromatic nitrogens is 1. The highest BCUT2D eigenvalue weighted by molar-refractivity contribution is 7.89. The second kappa shape index (κ2) is 12.4. The monoisotopic (exact) mass is 597 g/mol. The second-order valence-corrected chi connectivity index (χ2v) is 12.2. The number of halogens is 3. The molecular formula is C26H30Cl3N5O3S. The number of rotatable bonds is 7. The zero-order valence-electron chi connectivity index (χ0n) is 20.8. The Morgan fingerprint density at radius 3 is 2.32 bits per heavy atom. The minimum Gasteiger partial charge on any atom is -1.00 e. The van der Waals surface area contributed by atoms with Crippen molar-refractivity contribution in [2.75, 3.05) is 43.5 Å². The van der Waals surface area contributed by atoms with Crippen LogP contribution in [0.4, 0.5) is 5.69 Å². The van der Waals surface area contributed by atoms with E-state index in [1.54, 1.807) is 41.4 Å². The van der Waals surface area contributed by atoms with Crippen LogP contribution >= 0.6 is 23.2 Å². The number of nitrogens with zero attached hydrogens (tertiary/aromatic N) is 4. The first-order valence-electron chi connectivity index (χ1n) is 12.4. The topological polar surface area (TPSA) is 76.8 Å². The van der Waals surface area contributed by atoms with Crippen molar-refractivity contribution in [3.8, 4) is 0 Å². The van der Waals surface area contributed by atoms with Crippen molar-refractivity contribution < 1.29 is 30.2 Å². The van der Waals surface area contributed by atoms with Gasteiger partial charge < -0.3 is 17.3 Å². The molecule has 0 spiro atoms. The van der Waals surface area contributed by atoms with E-state index in [-0.39, 0.29) is 42.3 Å². The molecule has 3 aromatic rings. The number of carbonyl (C=O) groups excluding carboxylic acids is 1. The van der Waals surface area contributed by atoms with Crippen LogP contribution in [-0.4, -0.2) is 68.3 Å². The first kappa shape index (κ1) is 28.9. The molecule has 0 aliphatic carbocycles. The molecule has 0 bridgehead atoms. The molecule has 38 heavy (non-hydrogen) atoms. The zero-order valence-corrected chi connectivity index (χ0v) is 23.9. The Labute approximate surface area is 239 Å². The predicted octanol–water partition coefficient (Wildman–Crippen LogP) is 0.0300. The molecule has 2 fully saturated rings. The number of anilines is 1. The highest BCUT2D eigenvalue weighted by Gasteiger charge is 2.34. The Kier molecular flexibility index (Phi) is 9.39. The van der Waals surface area contributed by atoms with E-state index in [1.165, 1.54) is 9.99 Å². The van der Waals surface area contributed by atoms with Crippen molar-refractivity contribution in [1.82, 2.24) is 14.7 Å². The van der Waals surface area contributed by atoms with Crippen molar-refractivity contribution >= 4 is 55.6 Å². The SMILES string of the molecule is O=C1CN(S(=O)(=O)c2ccc3cc(Cl)ccc3c2)CCN1NC1CCN(c2cc[n+](CCCl)cc2)CC1.[Cl-]. The van der Waals surface area contributed by atoms with Gasteiger partial charge in [0.1, 0.15) is 0 Å². The van der Waals surface area contributed by atoms with Gasteiger partial charge in [-0.15, -0.1) is 11.6 Å². The summed E-state index contributed by atoms with van der Waals surface area (Å²) >= 11 is 11.8. The van der Waals surface area contributed by atoms with Gasteiger partial charge in [0, 0.05) is 48.5 Å². The lowest BCUT2D eigenvalue weighted by Gasteiger charge is -2.39. The molecule has 5 rings (SSSR count). The van der Waals surface area contributed by atoms with E-state index in [0.717, 1.165) is 43.2 Å². The fraction of sp³-hybridized carbons (Fsp3) is 0.385. The Hall–Kier alpha value is -2.14. The molecule has 2 aromatic carbocycles. The molecule has 1 amide bonds. The normalized spacial score (nSPS) is 17.6. The number of benzene rings is 2. The first-order chi connectivity index (χ1) is 17.8. The maximum absolute atomic E-state index is 13.3. The smallest absolute Gasteiger partial charge is 0.252 e. The highest BCUT2D eigenvalue weighted by Crippen LogP contribution is 2.25. The lowest BCUT2D eigenvalue weighted by Crippen LogP contribution is -3.00. The van der Waals surface area contributed by atoms with Crippen LogP contribution in [0.3, 0.4) is 0 Å². The first-order valence-corrected chi connectivity index (χ1v) is 14.7. The molecule has 1 aromatic heterocycles. The largest absolute Gasteiger partial charge is 1.00 e. The van der Waals surface area contributed by atoms with Crippen LogP contribution in [-0.2, 0) is 21.4 Å². The number of piperidine rings is 1. The van der Waals surface area contributed by atoms with Gasteiger partial charge in [-0.05, 0) is 47.9 Å². The van der Waals surface area contributed by atoms with Crippen molar-refractivity contribution in [3.05, 3.63) is 65.9 Å². The van der Waals surface area contributed by atoms with Gasteiger partial charge in [-0.25, -0.2) is 18.4 Å². The van der Waals surface area contributed by atoms with Crippen LogP contribution in [0.25, 0.3) is 10.8 Å². The number of nitrogens with one attached hydrogen (secondary N) is 1. The fourth-order valence-electron chi connectivity index (χ4n) is 4.89. The number of alkyl halides is 1. The van der Waals surface area contributed by atoms with E-state index in [9.17, 15) is 13.2 Å². The number of fused-ring (bicyclic) bond motifs is 1. The van der Waals surface area contributed by atoms with Gasteiger partial charge in [0.25, 0.3) is 5.91 Å².